The Kier molecular flexibility index (Phi) is 6.13. The molecule has 23 heavy (non-hydrogen) atoms. The van der Waals surface area contributed by atoms with Crippen molar-refractivity contribution in [2.45, 2.75) is 6.92 Å². The molecule has 0 saturated heterocycles. The third-order valence-electron chi connectivity index (χ3n) is 3.09. The van der Waals surface area contributed by atoms with E-state index in [0.717, 1.165) is 5.56 Å². The number of ketones is 1. The van der Waals surface area contributed by atoms with E-state index in [-0.39, 0.29) is 16.8 Å². The van der Waals surface area contributed by atoms with E-state index in [1.165, 1.54) is 12.1 Å². The quantitative estimate of drug-likeness (QED) is 0.588. The van der Waals surface area contributed by atoms with Crippen LogP contribution in [0.4, 0.5) is 5.69 Å². The summed E-state index contributed by atoms with van der Waals surface area (Å²) >= 11 is 9.24. The first-order valence-corrected chi connectivity index (χ1v) is 8.24. The number of nitrogens with one attached hydrogen (secondary N) is 1. The number of hydrogen-bond donors (Lipinski definition) is 1. The van der Waals surface area contributed by atoms with Crippen LogP contribution in [0.1, 0.15) is 22.8 Å². The Morgan fingerprint density at radius 3 is 2.74 bits per heavy atom. The molecule has 118 valence electrons. The molecule has 0 aliphatic heterocycles. The molecule has 0 unspecified atom stereocenters. The molecule has 0 spiro atoms. The van der Waals surface area contributed by atoms with Gasteiger partial charge in [0.25, 0.3) is 0 Å². The molecule has 0 saturated carbocycles. The van der Waals surface area contributed by atoms with Crippen molar-refractivity contribution >= 4 is 45.1 Å². The summed E-state index contributed by atoms with van der Waals surface area (Å²) in [5.74, 6) is -0.356. The second-order valence-corrected chi connectivity index (χ2v) is 6.15. The molecule has 0 fully saturated rings. The monoisotopic (exact) mass is 391 g/mol. The van der Waals surface area contributed by atoms with Crippen molar-refractivity contribution in [2.24, 2.45) is 0 Å². The summed E-state index contributed by atoms with van der Waals surface area (Å²) in [5, 5.41) is 3.56. The summed E-state index contributed by atoms with van der Waals surface area (Å²) in [7, 11) is 0. The fourth-order valence-electron chi connectivity index (χ4n) is 2.02. The molecular formula is C18H15BrClNO2. The zero-order valence-corrected chi connectivity index (χ0v) is 14.8. The van der Waals surface area contributed by atoms with Gasteiger partial charge in [-0.15, -0.1) is 0 Å². The minimum absolute atomic E-state index is 0.108. The lowest BCUT2D eigenvalue weighted by atomic mass is 10.1. The number of halogens is 2. The highest BCUT2D eigenvalue weighted by Crippen LogP contribution is 2.14. The van der Waals surface area contributed by atoms with Crippen LogP contribution in [0.2, 0.25) is 5.02 Å². The molecule has 0 aromatic heterocycles. The van der Waals surface area contributed by atoms with Gasteiger partial charge in [0, 0.05) is 16.0 Å². The van der Waals surface area contributed by atoms with E-state index in [2.05, 4.69) is 21.2 Å². The van der Waals surface area contributed by atoms with Gasteiger partial charge in [0.15, 0.2) is 5.78 Å². The average molecular weight is 393 g/mol. The maximum atomic E-state index is 12.5. The first kappa shape index (κ1) is 17.4. The highest BCUT2D eigenvalue weighted by Gasteiger charge is 2.10. The van der Waals surface area contributed by atoms with Crippen molar-refractivity contribution in [1.29, 1.82) is 0 Å². The van der Waals surface area contributed by atoms with Gasteiger partial charge in [-0.1, -0.05) is 45.7 Å². The van der Waals surface area contributed by atoms with E-state index in [0.29, 0.717) is 21.7 Å². The van der Waals surface area contributed by atoms with Gasteiger partial charge in [-0.3, -0.25) is 9.59 Å². The zero-order valence-electron chi connectivity index (χ0n) is 12.5. The van der Waals surface area contributed by atoms with Gasteiger partial charge in [0.1, 0.15) is 0 Å². The molecule has 3 nitrogen and oxygen atoms in total. The number of allylic oxidation sites excluding steroid dienone is 1. The summed E-state index contributed by atoms with van der Waals surface area (Å²) in [5.41, 5.74) is 0.983. The number of carbonyl (C=O) groups excluding carboxylic acids is 1. The molecule has 2 rings (SSSR count). The molecule has 2 aromatic rings. The van der Waals surface area contributed by atoms with E-state index in [1.54, 1.807) is 36.4 Å². The number of carbonyl (C=O) groups is 1. The summed E-state index contributed by atoms with van der Waals surface area (Å²) in [6.45, 7) is 2.49. The topological polar surface area (TPSA) is 46.2 Å². The van der Waals surface area contributed by atoms with Gasteiger partial charge in [-0.2, -0.15) is 0 Å². The van der Waals surface area contributed by atoms with Crippen LogP contribution >= 0.6 is 27.5 Å². The van der Waals surface area contributed by atoms with Crippen molar-refractivity contribution in [3.05, 3.63) is 79.4 Å². The Hall–Kier alpha value is -1.91. The normalized spacial score (nSPS) is 10.7. The molecule has 0 aliphatic carbocycles. The van der Waals surface area contributed by atoms with Crippen molar-refractivity contribution < 1.29 is 4.79 Å². The Balaban J connectivity index is 2.39. The molecule has 0 bridgehead atoms. The smallest absolute Gasteiger partial charge is 0.212 e. The standard InChI is InChI=1S/C18H15BrClNO2/c1-2-21-16-8-7-13(19)11-15(18(16)23)17(22)9-6-12-4-3-5-14(20)10-12/h3-11H,2H2,1H3,(H,21,23). The Bertz CT molecular complexity index is 818. The van der Waals surface area contributed by atoms with E-state index >= 15 is 0 Å². The number of hydrogen-bond acceptors (Lipinski definition) is 3. The summed E-state index contributed by atoms with van der Waals surface area (Å²) in [6, 6.07) is 12.1. The third-order valence-corrected chi connectivity index (χ3v) is 3.82. The maximum absolute atomic E-state index is 12.5. The van der Waals surface area contributed by atoms with Crippen molar-refractivity contribution in [1.82, 2.24) is 0 Å². The lowest BCUT2D eigenvalue weighted by Crippen LogP contribution is -2.15. The molecule has 0 aliphatic rings. The van der Waals surface area contributed by atoms with Crippen LogP contribution in [0.25, 0.3) is 6.08 Å². The van der Waals surface area contributed by atoms with Gasteiger partial charge < -0.3 is 5.32 Å². The van der Waals surface area contributed by atoms with E-state index in [9.17, 15) is 9.59 Å². The SMILES string of the molecule is CCNc1ccc(Br)cc(C(=O)C=Cc2cccc(Cl)c2)c1=O. The number of rotatable bonds is 5. The van der Waals surface area contributed by atoms with Crippen LogP contribution in [-0.2, 0) is 0 Å². The van der Waals surface area contributed by atoms with Crippen LogP contribution in [0.15, 0.2) is 57.8 Å². The Morgan fingerprint density at radius 2 is 2.04 bits per heavy atom. The summed E-state index contributed by atoms with van der Waals surface area (Å²) < 4.78 is 0.665. The molecule has 0 radical (unpaired) electrons. The second kappa shape index (κ2) is 8.09. The fraction of sp³-hybridized carbons (Fsp3) is 0.111. The molecule has 0 atom stereocenters. The van der Waals surface area contributed by atoms with Gasteiger partial charge in [0.05, 0.1) is 11.3 Å². The largest absolute Gasteiger partial charge is 0.382 e. The Morgan fingerprint density at radius 1 is 1.26 bits per heavy atom. The second-order valence-electron chi connectivity index (χ2n) is 4.80. The first-order chi connectivity index (χ1) is 11.0. The van der Waals surface area contributed by atoms with Gasteiger partial charge in [-0.05, 0) is 48.9 Å². The van der Waals surface area contributed by atoms with Crippen LogP contribution in [0.3, 0.4) is 0 Å². The molecule has 2 aromatic carbocycles. The lowest BCUT2D eigenvalue weighted by Gasteiger charge is -1.99. The van der Waals surface area contributed by atoms with E-state index in [4.69, 9.17) is 11.6 Å². The first-order valence-electron chi connectivity index (χ1n) is 7.07. The van der Waals surface area contributed by atoms with Gasteiger partial charge in [-0.25, -0.2) is 0 Å². The van der Waals surface area contributed by atoms with Crippen molar-refractivity contribution in [3.8, 4) is 0 Å². The van der Waals surface area contributed by atoms with Crippen molar-refractivity contribution in [3.63, 3.8) is 0 Å². The maximum Gasteiger partial charge on any atom is 0.212 e. The highest BCUT2D eigenvalue weighted by atomic mass is 79.9. The van der Waals surface area contributed by atoms with E-state index < -0.39 is 0 Å². The average Bonchev–Trinajstić information content (AvgIpc) is 2.66. The van der Waals surface area contributed by atoms with Crippen LogP contribution in [0.5, 0.6) is 0 Å². The van der Waals surface area contributed by atoms with Gasteiger partial charge in [0.2, 0.25) is 5.43 Å². The Labute approximate surface area is 148 Å². The molecular weight excluding hydrogens is 378 g/mol. The predicted molar refractivity (Wildman–Crippen MR) is 99.4 cm³/mol. The van der Waals surface area contributed by atoms with E-state index in [1.807, 2.05) is 13.0 Å². The predicted octanol–water partition coefficient (Wildman–Crippen LogP) is 4.79. The molecule has 0 amide bonds. The van der Waals surface area contributed by atoms with Crippen LogP contribution in [-0.4, -0.2) is 12.3 Å². The fourth-order valence-corrected chi connectivity index (χ4v) is 2.58. The molecule has 5 heteroatoms. The number of anilines is 1. The molecule has 0 heterocycles. The lowest BCUT2D eigenvalue weighted by molar-refractivity contribution is 0.104. The van der Waals surface area contributed by atoms with Gasteiger partial charge >= 0.3 is 0 Å². The highest BCUT2D eigenvalue weighted by molar-refractivity contribution is 9.10. The zero-order chi connectivity index (χ0) is 16.8. The number of benzene rings is 1. The molecule has 1 N–H and O–H groups in total. The third kappa shape index (κ3) is 4.78. The summed E-state index contributed by atoms with van der Waals surface area (Å²) in [6.07, 6.45) is 3.02. The van der Waals surface area contributed by atoms with Crippen LogP contribution < -0.4 is 10.7 Å². The summed E-state index contributed by atoms with van der Waals surface area (Å²) in [4.78, 5) is 24.9. The van der Waals surface area contributed by atoms with Crippen LogP contribution in [0, 0.1) is 0 Å². The minimum atomic E-state index is -0.356. The minimum Gasteiger partial charge on any atom is -0.382 e. The van der Waals surface area contributed by atoms with Crippen molar-refractivity contribution in [2.75, 3.05) is 11.9 Å².